The monoisotopic (exact) mass is 328 g/mol. The summed E-state index contributed by atoms with van der Waals surface area (Å²) in [5.41, 5.74) is 0. The maximum absolute atomic E-state index is 10.4. The molecule has 6 heteroatoms. The van der Waals surface area contributed by atoms with Crippen LogP contribution in [0.4, 0.5) is 0 Å². The number of hydrogen-bond donors (Lipinski definition) is 0. The van der Waals surface area contributed by atoms with E-state index in [1.54, 1.807) is 0 Å². The summed E-state index contributed by atoms with van der Waals surface area (Å²) in [6.45, 7) is 4.32. The van der Waals surface area contributed by atoms with E-state index < -0.39 is 7.82 Å². The molecule has 0 aromatic heterocycles. The largest absolute Gasteiger partial charge is 2.00 e. The van der Waals surface area contributed by atoms with Gasteiger partial charge in [0, 0.05) is 0 Å². The molecule has 0 amide bonds. The second-order valence-electron chi connectivity index (χ2n) is 4.60. The quantitative estimate of drug-likeness (QED) is 0.332. The first-order chi connectivity index (χ1) is 7.99. The molecule has 0 rings (SSSR count). The molecule has 0 spiro atoms. The van der Waals surface area contributed by atoms with Gasteiger partial charge in [0.1, 0.15) is 0 Å². The summed E-state index contributed by atoms with van der Waals surface area (Å²) in [5.74, 6) is 0.211. The van der Waals surface area contributed by atoms with Crippen LogP contribution in [0.3, 0.4) is 0 Å². The molecular weight excluding hydrogens is 304 g/mol. The van der Waals surface area contributed by atoms with Crippen LogP contribution >= 0.6 is 7.82 Å². The zero-order chi connectivity index (χ0) is 13.1. The zero-order valence-electron chi connectivity index (χ0n) is 11.7. The Kier molecular flexibility index (Phi) is 14.9. The molecule has 104 valence electrons. The number of unbranched alkanes of at least 4 members (excludes halogenated alkanes) is 4. The predicted octanol–water partition coefficient (Wildman–Crippen LogP) is 2.61. The van der Waals surface area contributed by atoms with E-state index in [-0.39, 0.29) is 32.0 Å². The van der Waals surface area contributed by atoms with E-state index in [2.05, 4.69) is 18.4 Å². The molecule has 0 aliphatic carbocycles. The number of rotatable bonds is 11. The standard InChI is InChI=1S/C12H27O4P.Zn/c1-3-5-7-8-10-12(9-6-4-2)11-16-17(13,14)15;/h12H,3-11H2,1-2H3,(H2,13,14,15);/q;+2/p-2. The third-order valence-corrected chi connectivity index (χ3v) is 3.37. The Morgan fingerprint density at radius 3 is 2.06 bits per heavy atom. The van der Waals surface area contributed by atoms with Crippen LogP contribution in [0.2, 0.25) is 0 Å². The second-order valence-corrected chi connectivity index (χ2v) is 5.75. The molecule has 18 heavy (non-hydrogen) atoms. The van der Waals surface area contributed by atoms with E-state index in [1.807, 2.05) is 0 Å². The Balaban J connectivity index is 0. The molecule has 0 aliphatic heterocycles. The molecule has 0 aromatic carbocycles. The van der Waals surface area contributed by atoms with Gasteiger partial charge in [0.2, 0.25) is 0 Å². The maximum atomic E-state index is 10.4. The average Bonchev–Trinajstić information content (AvgIpc) is 2.25. The third kappa shape index (κ3) is 14.8. The minimum Gasteiger partial charge on any atom is -0.790 e. The Hall–Kier alpha value is 0.733. The van der Waals surface area contributed by atoms with Gasteiger partial charge in [-0.05, 0) is 18.8 Å². The van der Waals surface area contributed by atoms with Crippen LogP contribution in [0.15, 0.2) is 0 Å². The second kappa shape index (κ2) is 12.8. The van der Waals surface area contributed by atoms with E-state index in [0.29, 0.717) is 0 Å². The first kappa shape index (κ1) is 21.0. The van der Waals surface area contributed by atoms with Gasteiger partial charge in [0.05, 0.1) is 14.4 Å². The van der Waals surface area contributed by atoms with Gasteiger partial charge < -0.3 is 18.9 Å². The minimum atomic E-state index is -4.80. The summed E-state index contributed by atoms with van der Waals surface area (Å²) >= 11 is 0. The molecule has 0 saturated carbocycles. The Morgan fingerprint density at radius 1 is 1.00 bits per heavy atom. The fraction of sp³-hybridized carbons (Fsp3) is 1.00. The zero-order valence-corrected chi connectivity index (χ0v) is 15.6. The summed E-state index contributed by atoms with van der Waals surface area (Å²) in [7, 11) is -4.80. The normalized spacial score (nSPS) is 13.1. The van der Waals surface area contributed by atoms with E-state index in [1.165, 1.54) is 19.3 Å². The molecule has 0 aromatic rings. The summed E-state index contributed by atoms with van der Waals surface area (Å²) < 4.78 is 14.8. The van der Waals surface area contributed by atoms with Crippen LogP contribution in [0.25, 0.3) is 0 Å². The Labute approximate surface area is 124 Å². The molecule has 0 radical (unpaired) electrons. The van der Waals surface area contributed by atoms with Crippen molar-refractivity contribution in [3.8, 4) is 0 Å². The number of phosphoric ester groups is 1. The summed E-state index contributed by atoms with van der Waals surface area (Å²) in [4.78, 5) is 20.9. The predicted molar refractivity (Wildman–Crippen MR) is 65.3 cm³/mol. The molecule has 0 N–H and O–H groups in total. The first-order valence-corrected chi connectivity index (χ1v) is 8.12. The molecule has 0 bridgehead atoms. The molecule has 1 atom stereocenters. The van der Waals surface area contributed by atoms with Crippen molar-refractivity contribution < 1.29 is 38.4 Å². The van der Waals surface area contributed by atoms with E-state index in [0.717, 1.165) is 32.1 Å². The fourth-order valence-corrected chi connectivity index (χ4v) is 2.25. The summed E-state index contributed by atoms with van der Waals surface area (Å²) in [5, 5.41) is 0. The van der Waals surface area contributed by atoms with Crippen LogP contribution in [0.1, 0.15) is 65.2 Å². The van der Waals surface area contributed by atoms with Crippen molar-refractivity contribution in [2.24, 2.45) is 5.92 Å². The summed E-state index contributed by atoms with van der Waals surface area (Å²) in [6.07, 6.45) is 8.71. The van der Waals surface area contributed by atoms with E-state index in [9.17, 15) is 14.4 Å². The maximum Gasteiger partial charge on any atom is 2.00 e. The van der Waals surface area contributed by atoms with Crippen LogP contribution in [0.5, 0.6) is 0 Å². The molecule has 0 aliphatic rings. The molecule has 4 nitrogen and oxygen atoms in total. The minimum absolute atomic E-state index is 0. The Morgan fingerprint density at radius 2 is 1.56 bits per heavy atom. The van der Waals surface area contributed by atoms with Crippen LogP contribution < -0.4 is 9.79 Å². The van der Waals surface area contributed by atoms with Crippen LogP contribution in [-0.4, -0.2) is 6.61 Å². The van der Waals surface area contributed by atoms with Crippen molar-refractivity contribution in [2.45, 2.75) is 65.2 Å². The van der Waals surface area contributed by atoms with Gasteiger partial charge >= 0.3 is 19.5 Å². The number of phosphoric acid groups is 1. The van der Waals surface area contributed by atoms with Gasteiger partial charge in [0.15, 0.2) is 0 Å². The SMILES string of the molecule is CCCCCCC(CCCC)COP(=O)([O-])[O-].[Zn+2]. The van der Waals surface area contributed by atoms with E-state index >= 15 is 0 Å². The topological polar surface area (TPSA) is 72.4 Å². The van der Waals surface area contributed by atoms with E-state index in [4.69, 9.17) is 0 Å². The van der Waals surface area contributed by atoms with Crippen molar-refractivity contribution >= 4 is 7.82 Å². The van der Waals surface area contributed by atoms with Gasteiger partial charge in [-0.1, -0.05) is 52.4 Å². The molecule has 0 saturated heterocycles. The molecule has 1 unspecified atom stereocenters. The van der Waals surface area contributed by atoms with Crippen molar-refractivity contribution in [1.82, 2.24) is 0 Å². The van der Waals surface area contributed by atoms with Crippen molar-refractivity contribution in [1.29, 1.82) is 0 Å². The average molecular weight is 330 g/mol. The smallest absolute Gasteiger partial charge is 0.790 e. The molecular formula is C12H25O4PZn. The summed E-state index contributed by atoms with van der Waals surface area (Å²) in [6, 6.07) is 0. The van der Waals surface area contributed by atoms with Crippen LogP contribution in [-0.2, 0) is 28.6 Å². The number of hydrogen-bond acceptors (Lipinski definition) is 4. The van der Waals surface area contributed by atoms with Gasteiger partial charge in [-0.2, -0.15) is 0 Å². The fourth-order valence-electron chi connectivity index (χ4n) is 1.86. The first-order valence-electron chi connectivity index (χ1n) is 6.66. The van der Waals surface area contributed by atoms with Gasteiger partial charge in [-0.25, -0.2) is 0 Å². The van der Waals surface area contributed by atoms with Crippen molar-refractivity contribution in [3.05, 3.63) is 0 Å². The van der Waals surface area contributed by atoms with Crippen LogP contribution in [0, 0.1) is 5.92 Å². The third-order valence-electron chi connectivity index (χ3n) is 2.90. The van der Waals surface area contributed by atoms with Gasteiger partial charge in [-0.15, -0.1) is 0 Å². The molecule has 0 fully saturated rings. The van der Waals surface area contributed by atoms with Gasteiger partial charge in [-0.3, -0.25) is 0 Å². The van der Waals surface area contributed by atoms with Crippen molar-refractivity contribution in [3.63, 3.8) is 0 Å². The van der Waals surface area contributed by atoms with Crippen molar-refractivity contribution in [2.75, 3.05) is 6.61 Å². The van der Waals surface area contributed by atoms with Gasteiger partial charge in [0.25, 0.3) is 0 Å². The molecule has 0 heterocycles. The Bertz CT molecular complexity index is 220.